The zero-order valence-corrected chi connectivity index (χ0v) is 19.2. The van der Waals surface area contributed by atoms with Gasteiger partial charge in [-0.3, -0.25) is 9.59 Å². The van der Waals surface area contributed by atoms with E-state index in [1.54, 1.807) is 6.92 Å². The summed E-state index contributed by atoms with van der Waals surface area (Å²) in [5.41, 5.74) is 5.69. The van der Waals surface area contributed by atoms with Crippen molar-refractivity contribution in [3.63, 3.8) is 0 Å². The zero-order valence-electron chi connectivity index (χ0n) is 19.2. The van der Waals surface area contributed by atoms with E-state index in [-0.39, 0.29) is 22.5 Å². The minimum absolute atomic E-state index is 0.0281. The van der Waals surface area contributed by atoms with E-state index in [2.05, 4.69) is 52.1 Å². The molecule has 1 amide bonds. The van der Waals surface area contributed by atoms with Crippen LogP contribution in [0.5, 0.6) is 0 Å². The molecule has 1 unspecified atom stereocenters. The van der Waals surface area contributed by atoms with Gasteiger partial charge in [-0.25, -0.2) is 0 Å². The first-order valence-corrected chi connectivity index (χ1v) is 10.8. The van der Waals surface area contributed by atoms with Crippen molar-refractivity contribution in [3.8, 4) is 0 Å². The van der Waals surface area contributed by atoms with Crippen molar-refractivity contribution < 1.29 is 9.59 Å². The minimum Gasteiger partial charge on any atom is -0.353 e. The molecule has 2 aromatic carbocycles. The summed E-state index contributed by atoms with van der Waals surface area (Å²) in [5, 5.41) is 2.79. The Balaban J connectivity index is 1.88. The van der Waals surface area contributed by atoms with Crippen molar-refractivity contribution >= 4 is 17.8 Å². The number of hydrogen-bond acceptors (Lipinski definition) is 2. The van der Waals surface area contributed by atoms with Gasteiger partial charge < -0.3 is 5.32 Å². The van der Waals surface area contributed by atoms with E-state index < -0.39 is 0 Å². The number of likely N-dealkylation sites (N-methyl/N-ethyl adjacent to an activating group) is 1. The second-order valence-electron chi connectivity index (χ2n) is 9.56. The third kappa shape index (κ3) is 3.74. The maximum Gasteiger partial charge on any atom is 0.246 e. The number of ketones is 1. The van der Waals surface area contributed by atoms with Crippen molar-refractivity contribution in [2.75, 3.05) is 6.54 Å². The molecule has 1 aliphatic rings. The molecule has 2 aromatic rings. The quantitative estimate of drug-likeness (QED) is 0.517. The zero-order chi connectivity index (χ0) is 22.3. The van der Waals surface area contributed by atoms with Crippen LogP contribution >= 0.6 is 0 Å². The molecule has 0 saturated carbocycles. The van der Waals surface area contributed by atoms with E-state index in [0.717, 1.165) is 11.1 Å². The molecule has 158 valence electrons. The van der Waals surface area contributed by atoms with Crippen LogP contribution in [-0.4, -0.2) is 18.2 Å². The van der Waals surface area contributed by atoms with Crippen LogP contribution in [0.4, 0.5) is 0 Å². The van der Waals surface area contributed by atoms with E-state index >= 15 is 0 Å². The standard InChI is InChI=1S/C27H33NO2/c1-8-28-25(30)17(2)15-19-9-11-20(12-10-19)24(29)21-13-14-22-23(16-21)27(6,7)18(3)26(22,4)5/h9-16,18H,8H2,1-7H3,(H,28,30)/b17-15+. The molecule has 30 heavy (non-hydrogen) atoms. The van der Waals surface area contributed by atoms with Crippen molar-refractivity contribution in [2.24, 2.45) is 5.92 Å². The largest absolute Gasteiger partial charge is 0.353 e. The Morgan fingerprint density at radius 1 is 0.933 bits per heavy atom. The normalized spacial score (nSPS) is 19.3. The molecule has 3 rings (SSSR count). The lowest BCUT2D eigenvalue weighted by atomic mass is 9.71. The summed E-state index contributed by atoms with van der Waals surface area (Å²) in [4.78, 5) is 25.0. The van der Waals surface area contributed by atoms with Gasteiger partial charge in [0.25, 0.3) is 0 Å². The Morgan fingerprint density at radius 2 is 1.50 bits per heavy atom. The molecule has 1 aliphatic carbocycles. The average Bonchev–Trinajstić information content (AvgIpc) is 2.85. The van der Waals surface area contributed by atoms with Crippen LogP contribution in [0.1, 0.15) is 81.1 Å². The Kier molecular flexibility index (Phi) is 5.77. The minimum atomic E-state index is -0.0736. The van der Waals surface area contributed by atoms with E-state index in [0.29, 0.717) is 23.6 Å². The molecule has 0 spiro atoms. The van der Waals surface area contributed by atoms with Gasteiger partial charge in [-0.05, 0) is 59.4 Å². The fourth-order valence-corrected chi connectivity index (χ4v) is 4.66. The fraction of sp³-hybridized carbons (Fsp3) is 0.407. The van der Waals surface area contributed by atoms with Crippen LogP contribution in [-0.2, 0) is 15.6 Å². The summed E-state index contributed by atoms with van der Waals surface area (Å²) in [7, 11) is 0. The Hall–Kier alpha value is -2.68. The highest BCUT2D eigenvalue weighted by Crippen LogP contribution is 2.53. The van der Waals surface area contributed by atoms with E-state index in [4.69, 9.17) is 0 Å². The topological polar surface area (TPSA) is 46.2 Å². The molecule has 1 atom stereocenters. The number of nitrogens with one attached hydrogen (secondary N) is 1. The molecule has 0 saturated heterocycles. The van der Waals surface area contributed by atoms with Crippen LogP contribution in [0.25, 0.3) is 6.08 Å². The molecular formula is C27H33NO2. The predicted molar refractivity (Wildman–Crippen MR) is 124 cm³/mol. The lowest BCUT2D eigenvalue weighted by molar-refractivity contribution is -0.117. The number of benzene rings is 2. The number of carbonyl (C=O) groups excluding carboxylic acids is 2. The smallest absolute Gasteiger partial charge is 0.246 e. The van der Waals surface area contributed by atoms with E-state index in [9.17, 15) is 9.59 Å². The van der Waals surface area contributed by atoms with Crippen LogP contribution < -0.4 is 5.32 Å². The molecule has 3 heteroatoms. The van der Waals surface area contributed by atoms with Gasteiger partial charge in [0, 0.05) is 23.2 Å². The maximum absolute atomic E-state index is 13.1. The van der Waals surface area contributed by atoms with Crippen LogP contribution in [0, 0.1) is 5.92 Å². The number of carbonyl (C=O) groups is 2. The Labute approximate surface area is 180 Å². The third-order valence-electron chi connectivity index (χ3n) is 7.09. The van der Waals surface area contributed by atoms with Gasteiger partial charge in [0.2, 0.25) is 5.91 Å². The highest BCUT2D eigenvalue weighted by Gasteiger charge is 2.48. The highest BCUT2D eigenvalue weighted by molar-refractivity contribution is 6.09. The molecule has 0 heterocycles. The first kappa shape index (κ1) is 22.0. The van der Waals surface area contributed by atoms with E-state index in [1.807, 2.05) is 43.3 Å². The fourth-order valence-electron chi connectivity index (χ4n) is 4.66. The van der Waals surface area contributed by atoms with Gasteiger partial charge >= 0.3 is 0 Å². The molecule has 0 aromatic heterocycles. The number of amides is 1. The van der Waals surface area contributed by atoms with Gasteiger partial charge in [0.15, 0.2) is 5.78 Å². The summed E-state index contributed by atoms with van der Waals surface area (Å²) in [6.07, 6.45) is 1.83. The number of hydrogen-bond donors (Lipinski definition) is 1. The highest BCUT2D eigenvalue weighted by atomic mass is 16.1. The molecule has 3 nitrogen and oxygen atoms in total. The van der Waals surface area contributed by atoms with Gasteiger partial charge in [0.05, 0.1) is 0 Å². The van der Waals surface area contributed by atoms with Gasteiger partial charge in [0.1, 0.15) is 0 Å². The summed E-state index contributed by atoms with van der Waals surface area (Å²) in [6.45, 7) is 15.7. The molecule has 0 bridgehead atoms. The van der Waals surface area contributed by atoms with Gasteiger partial charge in [-0.2, -0.15) is 0 Å². The first-order valence-electron chi connectivity index (χ1n) is 10.8. The molecular weight excluding hydrogens is 370 g/mol. The van der Waals surface area contributed by atoms with Crippen molar-refractivity contribution in [2.45, 2.75) is 59.3 Å². The van der Waals surface area contributed by atoms with Crippen molar-refractivity contribution in [1.82, 2.24) is 5.32 Å². The van der Waals surface area contributed by atoms with Gasteiger partial charge in [-0.15, -0.1) is 0 Å². The summed E-state index contributed by atoms with van der Waals surface area (Å²) in [5.74, 6) is 0.446. The van der Waals surface area contributed by atoms with Crippen LogP contribution in [0.2, 0.25) is 0 Å². The van der Waals surface area contributed by atoms with E-state index in [1.165, 1.54) is 11.1 Å². The molecule has 0 aliphatic heterocycles. The van der Waals surface area contributed by atoms with Crippen LogP contribution in [0.15, 0.2) is 48.0 Å². The van der Waals surface area contributed by atoms with Crippen molar-refractivity contribution in [3.05, 3.63) is 75.9 Å². The summed E-state index contributed by atoms with van der Waals surface area (Å²) >= 11 is 0. The summed E-state index contributed by atoms with van der Waals surface area (Å²) in [6, 6.07) is 13.6. The Bertz CT molecular complexity index is 1010. The lowest BCUT2D eigenvalue weighted by Gasteiger charge is -2.32. The first-order chi connectivity index (χ1) is 14.0. The molecule has 0 radical (unpaired) electrons. The third-order valence-corrected chi connectivity index (χ3v) is 7.09. The molecule has 1 N–H and O–H groups in total. The van der Waals surface area contributed by atoms with Crippen LogP contribution in [0.3, 0.4) is 0 Å². The SMILES string of the molecule is CCNC(=O)/C(C)=C/c1ccc(C(=O)c2ccc3c(c2)C(C)(C)C(C)C3(C)C)cc1. The number of fused-ring (bicyclic) bond motifs is 1. The van der Waals surface area contributed by atoms with Crippen molar-refractivity contribution in [1.29, 1.82) is 0 Å². The maximum atomic E-state index is 13.1. The predicted octanol–water partition coefficient (Wildman–Crippen LogP) is 5.66. The monoisotopic (exact) mass is 403 g/mol. The second-order valence-corrected chi connectivity index (χ2v) is 9.56. The summed E-state index contributed by atoms with van der Waals surface area (Å²) < 4.78 is 0. The lowest BCUT2D eigenvalue weighted by Crippen LogP contribution is -2.30. The number of rotatable bonds is 5. The Morgan fingerprint density at radius 3 is 2.10 bits per heavy atom. The molecule has 0 fully saturated rings. The van der Waals surface area contributed by atoms with Gasteiger partial charge in [-0.1, -0.05) is 71.0 Å². The second kappa shape index (κ2) is 7.86. The average molecular weight is 404 g/mol.